The highest BCUT2D eigenvalue weighted by Crippen LogP contribution is 2.23. The molecule has 14 heavy (non-hydrogen) atoms. The molecule has 0 fully saturated rings. The van der Waals surface area contributed by atoms with Crippen molar-refractivity contribution in [2.75, 3.05) is 0 Å². The molecule has 0 unspecified atom stereocenters. The predicted molar refractivity (Wildman–Crippen MR) is 54.2 cm³/mol. The van der Waals surface area contributed by atoms with E-state index in [-0.39, 0.29) is 5.56 Å². The van der Waals surface area contributed by atoms with Crippen LogP contribution < -0.4 is 0 Å². The lowest BCUT2D eigenvalue weighted by Gasteiger charge is -1.98. The van der Waals surface area contributed by atoms with Gasteiger partial charge in [-0.15, -0.1) is 4.91 Å². The van der Waals surface area contributed by atoms with Crippen molar-refractivity contribution in [1.29, 1.82) is 0 Å². The largest absolute Gasteiger partial charge is 0.478 e. The number of carbonyl (C=O) groups is 1. The van der Waals surface area contributed by atoms with Crippen molar-refractivity contribution in [2.24, 2.45) is 5.34 Å². The average Bonchev–Trinajstić information content (AvgIpc) is 2.04. The Morgan fingerprint density at radius 2 is 1.71 bits per heavy atom. The van der Waals surface area contributed by atoms with Gasteiger partial charge in [-0.05, 0) is 31.9 Å². The molecule has 0 saturated carbocycles. The molecule has 76 valence electrons. The van der Waals surface area contributed by atoms with Gasteiger partial charge in [0.25, 0.3) is 0 Å². The number of aromatic nitrogens is 1. The molecule has 8 heteroatoms. The molecule has 0 aliphatic rings. The van der Waals surface area contributed by atoms with Gasteiger partial charge in [0.2, 0.25) is 0 Å². The second kappa shape index (κ2) is 6.44. The van der Waals surface area contributed by atoms with Crippen LogP contribution >= 0.6 is 31.9 Å². The first-order valence-electron chi connectivity index (χ1n) is 3.03. The standard InChI is InChI=1S/C6H3Br2NO2.HNO2/c7-3-1-9-2-4(8)5(3)6(10)11;2-1-3/h1-2H,(H,10,11);(H,2,3). The number of hydrogen-bond acceptors (Lipinski definition) is 4. The Labute approximate surface area is 95.2 Å². The fourth-order valence-electron chi connectivity index (χ4n) is 0.616. The van der Waals surface area contributed by atoms with E-state index in [0.717, 1.165) is 0 Å². The fourth-order valence-corrected chi connectivity index (χ4v) is 1.88. The minimum absolute atomic E-state index is 0.194. The number of halogens is 2. The maximum Gasteiger partial charge on any atom is 0.338 e. The summed E-state index contributed by atoms with van der Waals surface area (Å²) >= 11 is 6.15. The summed E-state index contributed by atoms with van der Waals surface area (Å²) in [5, 5.41) is 16.5. The third-order valence-corrected chi connectivity index (χ3v) is 2.27. The highest BCUT2D eigenvalue weighted by molar-refractivity contribution is 9.11. The molecule has 1 rings (SSSR count). The zero-order valence-corrected chi connectivity index (χ0v) is 9.69. The van der Waals surface area contributed by atoms with Crippen LogP contribution in [-0.4, -0.2) is 21.3 Å². The molecule has 0 bridgehead atoms. The van der Waals surface area contributed by atoms with E-state index in [1.54, 1.807) is 0 Å². The monoisotopic (exact) mass is 326 g/mol. The lowest BCUT2D eigenvalue weighted by molar-refractivity contribution is 0.0694. The zero-order chi connectivity index (χ0) is 11.1. The third-order valence-electron chi connectivity index (χ3n) is 1.07. The molecule has 6 nitrogen and oxygen atoms in total. The van der Waals surface area contributed by atoms with Gasteiger partial charge >= 0.3 is 5.97 Å². The van der Waals surface area contributed by atoms with Gasteiger partial charge in [0.05, 0.1) is 14.5 Å². The predicted octanol–water partition coefficient (Wildman–Crippen LogP) is 2.45. The van der Waals surface area contributed by atoms with Gasteiger partial charge in [-0.25, -0.2) is 4.79 Å². The van der Waals surface area contributed by atoms with Crippen LogP contribution in [-0.2, 0) is 0 Å². The molecule has 0 aliphatic heterocycles. The van der Waals surface area contributed by atoms with Crippen molar-refractivity contribution in [3.8, 4) is 0 Å². The Kier molecular flexibility index (Phi) is 5.97. The first kappa shape index (κ1) is 13.0. The van der Waals surface area contributed by atoms with E-state index in [2.05, 4.69) is 36.8 Å². The number of nitrogens with zero attached hydrogens (tertiary/aromatic N) is 2. The van der Waals surface area contributed by atoms with Crippen LogP contribution in [0.4, 0.5) is 0 Å². The van der Waals surface area contributed by atoms with E-state index in [9.17, 15) is 4.79 Å². The second-order valence-electron chi connectivity index (χ2n) is 1.86. The molecule has 0 amide bonds. The minimum Gasteiger partial charge on any atom is -0.478 e. The molecule has 1 aromatic heterocycles. The first-order valence-corrected chi connectivity index (χ1v) is 4.62. The SMILES string of the molecule is O=C(O)c1c(Br)cncc1Br.O=NO. The quantitative estimate of drug-likeness (QED) is 0.609. The number of aromatic carboxylic acids is 1. The number of pyridine rings is 1. The molecule has 0 saturated heterocycles. The molecular formula is C6H4Br2N2O4. The highest BCUT2D eigenvalue weighted by atomic mass is 79.9. The lowest BCUT2D eigenvalue weighted by atomic mass is 10.3. The Balaban J connectivity index is 0.000000500. The highest BCUT2D eigenvalue weighted by Gasteiger charge is 2.11. The normalized spacial score (nSPS) is 8.43. The van der Waals surface area contributed by atoms with Gasteiger partial charge in [0, 0.05) is 12.4 Å². The van der Waals surface area contributed by atoms with Crippen LogP contribution in [0.15, 0.2) is 26.7 Å². The molecule has 1 heterocycles. The number of carboxylic acids is 1. The topological polar surface area (TPSA) is 99.8 Å². The Bertz CT molecular complexity index is 324. The van der Waals surface area contributed by atoms with Crippen LogP contribution in [0.1, 0.15) is 10.4 Å². The van der Waals surface area contributed by atoms with E-state index in [0.29, 0.717) is 8.95 Å². The van der Waals surface area contributed by atoms with Crippen LogP contribution in [0.25, 0.3) is 0 Å². The first-order chi connectivity index (χ1) is 6.54. The van der Waals surface area contributed by atoms with E-state index < -0.39 is 5.97 Å². The Morgan fingerprint density at radius 1 is 1.36 bits per heavy atom. The van der Waals surface area contributed by atoms with E-state index >= 15 is 0 Å². The Morgan fingerprint density at radius 3 is 1.93 bits per heavy atom. The Hall–Kier alpha value is -1.02. The summed E-state index contributed by atoms with van der Waals surface area (Å²) in [6.07, 6.45) is 2.88. The molecule has 0 atom stereocenters. The van der Waals surface area contributed by atoms with Crippen molar-refractivity contribution in [2.45, 2.75) is 0 Å². The van der Waals surface area contributed by atoms with Crippen LogP contribution in [0.2, 0.25) is 0 Å². The summed E-state index contributed by atoms with van der Waals surface area (Å²) in [4.78, 5) is 22.4. The number of hydrogen-bond donors (Lipinski definition) is 2. The van der Waals surface area contributed by atoms with Crippen molar-refractivity contribution >= 4 is 37.8 Å². The van der Waals surface area contributed by atoms with E-state index in [1.807, 2.05) is 0 Å². The van der Waals surface area contributed by atoms with Gasteiger partial charge in [0.15, 0.2) is 5.34 Å². The summed E-state index contributed by atoms with van der Waals surface area (Å²) < 4.78 is 0.943. The van der Waals surface area contributed by atoms with Crippen molar-refractivity contribution in [3.05, 3.63) is 31.8 Å². The maximum absolute atomic E-state index is 10.6. The molecular weight excluding hydrogens is 324 g/mol. The molecule has 0 spiro atoms. The molecule has 1 aromatic rings. The van der Waals surface area contributed by atoms with Gasteiger partial charge in [-0.2, -0.15) is 0 Å². The number of rotatable bonds is 1. The lowest BCUT2D eigenvalue weighted by Crippen LogP contribution is -1.99. The minimum atomic E-state index is -0.980. The van der Waals surface area contributed by atoms with Gasteiger partial charge in [0.1, 0.15) is 0 Å². The smallest absolute Gasteiger partial charge is 0.338 e. The van der Waals surface area contributed by atoms with Crippen LogP contribution in [0.5, 0.6) is 0 Å². The molecule has 0 aliphatic carbocycles. The van der Waals surface area contributed by atoms with Gasteiger partial charge in [-0.1, -0.05) is 0 Å². The van der Waals surface area contributed by atoms with Crippen molar-refractivity contribution in [1.82, 2.24) is 4.98 Å². The molecule has 0 aromatic carbocycles. The summed E-state index contributed by atoms with van der Waals surface area (Å²) in [6, 6.07) is 0. The zero-order valence-electron chi connectivity index (χ0n) is 6.52. The summed E-state index contributed by atoms with van der Waals surface area (Å²) in [7, 11) is 0. The van der Waals surface area contributed by atoms with E-state index in [4.69, 9.17) is 15.2 Å². The summed E-state index contributed by atoms with van der Waals surface area (Å²) in [5.74, 6) is -0.980. The van der Waals surface area contributed by atoms with Crippen LogP contribution in [0.3, 0.4) is 0 Å². The second-order valence-corrected chi connectivity index (χ2v) is 3.57. The maximum atomic E-state index is 10.6. The third kappa shape index (κ3) is 3.79. The van der Waals surface area contributed by atoms with Gasteiger partial charge in [-0.3, -0.25) is 4.98 Å². The van der Waals surface area contributed by atoms with E-state index in [1.165, 1.54) is 17.7 Å². The fraction of sp³-hybridized carbons (Fsp3) is 0. The average molecular weight is 328 g/mol. The van der Waals surface area contributed by atoms with Crippen LogP contribution in [0, 0.1) is 4.91 Å². The van der Waals surface area contributed by atoms with Crippen molar-refractivity contribution in [3.63, 3.8) is 0 Å². The summed E-state index contributed by atoms with van der Waals surface area (Å²) in [5.41, 5.74) is 0.194. The number of carboxylic acid groups (broad SMARTS) is 1. The van der Waals surface area contributed by atoms with Gasteiger partial charge < -0.3 is 10.3 Å². The van der Waals surface area contributed by atoms with Crippen molar-refractivity contribution < 1.29 is 15.1 Å². The molecule has 0 radical (unpaired) electrons. The molecule has 2 N–H and O–H groups in total. The summed E-state index contributed by atoms with van der Waals surface area (Å²) in [6.45, 7) is 0.